The van der Waals surface area contributed by atoms with Crippen molar-refractivity contribution < 1.29 is 9.21 Å². The summed E-state index contributed by atoms with van der Waals surface area (Å²) in [5, 5.41) is 0. The van der Waals surface area contributed by atoms with Gasteiger partial charge in [-0.3, -0.25) is 9.69 Å². The summed E-state index contributed by atoms with van der Waals surface area (Å²) >= 11 is 3.52. The molecule has 2 heterocycles. The van der Waals surface area contributed by atoms with Gasteiger partial charge in [0.05, 0.1) is 12.8 Å². The number of carbonyl (C=O) groups is 1. The van der Waals surface area contributed by atoms with Gasteiger partial charge in [0.15, 0.2) is 0 Å². The number of nitrogens with zero attached hydrogens (tertiary/aromatic N) is 2. The Labute approximate surface area is 145 Å². The average Bonchev–Trinajstić information content (AvgIpc) is 3.21. The van der Waals surface area contributed by atoms with Crippen LogP contribution in [0, 0.1) is 0 Å². The number of hydrogen-bond acceptors (Lipinski definition) is 3. The Bertz CT molecular complexity index is 651. The third kappa shape index (κ3) is 3.85. The van der Waals surface area contributed by atoms with E-state index in [0.717, 1.165) is 41.7 Å². The molecule has 5 heteroatoms. The molecule has 0 N–H and O–H groups in total. The first-order valence-electron chi connectivity index (χ1n) is 7.92. The Morgan fingerprint density at radius 3 is 2.74 bits per heavy atom. The normalized spacial score (nSPS) is 16.4. The molecule has 1 aliphatic rings. The Balaban J connectivity index is 1.83. The van der Waals surface area contributed by atoms with Crippen LogP contribution in [0.1, 0.15) is 30.2 Å². The second-order valence-electron chi connectivity index (χ2n) is 5.97. The standard InChI is InChI=1S/C18H21BrN2O2/c1-20(13-16-8-5-11-23-16)18(22)17(21-9-2-3-10-21)14-6-4-7-15(19)12-14/h4-8,11-12,17H,2-3,9-10,13H2,1H3/t17-/m0/s1. The van der Waals surface area contributed by atoms with Crippen LogP contribution in [0.25, 0.3) is 0 Å². The highest BCUT2D eigenvalue weighted by atomic mass is 79.9. The summed E-state index contributed by atoms with van der Waals surface area (Å²) < 4.78 is 6.37. The molecule has 0 saturated carbocycles. The van der Waals surface area contributed by atoms with Crippen LogP contribution in [0.2, 0.25) is 0 Å². The van der Waals surface area contributed by atoms with E-state index in [1.165, 1.54) is 0 Å². The number of amides is 1. The lowest BCUT2D eigenvalue weighted by Gasteiger charge is -2.30. The van der Waals surface area contributed by atoms with Crippen LogP contribution >= 0.6 is 15.9 Å². The van der Waals surface area contributed by atoms with E-state index in [-0.39, 0.29) is 11.9 Å². The predicted molar refractivity (Wildman–Crippen MR) is 92.9 cm³/mol. The molecular weight excluding hydrogens is 356 g/mol. The molecular formula is C18H21BrN2O2. The van der Waals surface area contributed by atoms with Crippen molar-refractivity contribution in [3.8, 4) is 0 Å². The van der Waals surface area contributed by atoms with E-state index in [2.05, 4.69) is 20.8 Å². The van der Waals surface area contributed by atoms with Gasteiger partial charge in [-0.25, -0.2) is 0 Å². The molecule has 0 unspecified atom stereocenters. The first-order valence-corrected chi connectivity index (χ1v) is 8.71. The van der Waals surface area contributed by atoms with E-state index >= 15 is 0 Å². The molecule has 1 aliphatic heterocycles. The molecule has 1 aromatic carbocycles. The van der Waals surface area contributed by atoms with E-state index in [1.807, 2.05) is 43.4 Å². The zero-order valence-corrected chi connectivity index (χ0v) is 14.8. The number of carbonyl (C=O) groups excluding carboxylic acids is 1. The van der Waals surface area contributed by atoms with Gasteiger partial charge in [-0.1, -0.05) is 28.1 Å². The van der Waals surface area contributed by atoms with Gasteiger partial charge in [-0.2, -0.15) is 0 Å². The van der Waals surface area contributed by atoms with Crippen LogP contribution in [-0.2, 0) is 11.3 Å². The molecule has 4 nitrogen and oxygen atoms in total. The zero-order chi connectivity index (χ0) is 16.2. The molecule has 0 bridgehead atoms. The first-order chi connectivity index (χ1) is 11.1. The van der Waals surface area contributed by atoms with Gasteiger partial charge < -0.3 is 9.32 Å². The lowest BCUT2D eigenvalue weighted by Crippen LogP contribution is -2.40. The van der Waals surface area contributed by atoms with Crippen molar-refractivity contribution >= 4 is 21.8 Å². The summed E-state index contributed by atoms with van der Waals surface area (Å²) in [4.78, 5) is 17.1. The highest BCUT2D eigenvalue weighted by Crippen LogP contribution is 2.29. The lowest BCUT2D eigenvalue weighted by molar-refractivity contribution is -0.136. The smallest absolute Gasteiger partial charge is 0.244 e. The summed E-state index contributed by atoms with van der Waals surface area (Å²) in [7, 11) is 1.84. The SMILES string of the molecule is CN(Cc1ccco1)C(=O)[C@H](c1cccc(Br)c1)N1CCCC1. The summed E-state index contributed by atoms with van der Waals surface area (Å²) in [6.07, 6.45) is 3.94. The highest BCUT2D eigenvalue weighted by molar-refractivity contribution is 9.10. The number of halogens is 1. The predicted octanol–water partition coefficient (Wildman–Crippen LogP) is 3.84. The van der Waals surface area contributed by atoms with Crippen LogP contribution in [0.15, 0.2) is 51.6 Å². The van der Waals surface area contributed by atoms with E-state index in [4.69, 9.17) is 4.42 Å². The van der Waals surface area contributed by atoms with Gasteiger partial charge in [0.25, 0.3) is 0 Å². The van der Waals surface area contributed by atoms with Crippen LogP contribution < -0.4 is 0 Å². The topological polar surface area (TPSA) is 36.7 Å². The molecule has 0 spiro atoms. The van der Waals surface area contributed by atoms with Gasteiger partial charge in [0.2, 0.25) is 5.91 Å². The first kappa shape index (κ1) is 16.3. The second-order valence-corrected chi connectivity index (χ2v) is 6.89. The summed E-state index contributed by atoms with van der Waals surface area (Å²) in [5.41, 5.74) is 1.04. The molecule has 0 aliphatic carbocycles. The number of hydrogen-bond donors (Lipinski definition) is 0. The lowest BCUT2D eigenvalue weighted by atomic mass is 10.0. The van der Waals surface area contributed by atoms with Gasteiger partial charge in [-0.05, 0) is 55.8 Å². The second kappa shape index (κ2) is 7.32. The van der Waals surface area contributed by atoms with Crippen LogP contribution in [0.5, 0.6) is 0 Å². The van der Waals surface area contributed by atoms with Gasteiger partial charge in [0, 0.05) is 11.5 Å². The molecule has 0 radical (unpaired) electrons. The Morgan fingerprint density at radius 2 is 2.09 bits per heavy atom. The molecule has 1 saturated heterocycles. The Morgan fingerprint density at radius 1 is 1.30 bits per heavy atom. The highest BCUT2D eigenvalue weighted by Gasteiger charge is 2.32. The number of likely N-dealkylation sites (tertiary alicyclic amines) is 1. The number of furan rings is 1. The number of likely N-dealkylation sites (N-methyl/N-ethyl adjacent to an activating group) is 1. The quantitative estimate of drug-likeness (QED) is 0.795. The Hall–Kier alpha value is -1.59. The maximum Gasteiger partial charge on any atom is 0.244 e. The fourth-order valence-corrected chi connectivity index (χ4v) is 3.53. The molecule has 1 fully saturated rings. The monoisotopic (exact) mass is 376 g/mol. The van der Waals surface area contributed by atoms with Gasteiger partial charge in [0.1, 0.15) is 11.8 Å². The fourth-order valence-electron chi connectivity index (χ4n) is 3.11. The number of rotatable bonds is 5. The van der Waals surface area contributed by atoms with Crippen LogP contribution in [0.4, 0.5) is 0 Å². The summed E-state index contributed by atoms with van der Waals surface area (Å²) in [6, 6.07) is 11.6. The third-order valence-corrected chi connectivity index (χ3v) is 4.75. The maximum absolute atomic E-state index is 13.1. The molecule has 1 amide bonds. The zero-order valence-electron chi connectivity index (χ0n) is 13.2. The molecule has 2 aromatic rings. The molecule has 3 rings (SSSR count). The van der Waals surface area contributed by atoms with E-state index in [9.17, 15) is 4.79 Å². The van der Waals surface area contributed by atoms with Gasteiger partial charge >= 0.3 is 0 Å². The van der Waals surface area contributed by atoms with Crippen molar-refractivity contribution in [2.45, 2.75) is 25.4 Å². The van der Waals surface area contributed by atoms with E-state index in [0.29, 0.717) is 6.54 Å². The van der Waals surface area contributed by atoms with Gasteiger partial charge in [-0.15, -0.1) is 0 Å². The number of benzene rings is 1. The summed E-state index contributed by atoms with van der Waals surface area (Å²) in [5.74, 6) is 0.914. The van der Waals surface area contributed by atoms with Crippen LogP contribution in [-0.4, -0.2) is 35.8 Å². The third-order valence-electron chi connectivity index (χ3n) is 4.25. The minimum absolute atomic E-state index is 0.112. The Kier molecular flexibility index (Phi) is 5.18. The largest absolute Gasteiger partial charge is 0.467 e. The van der Waals surface area contributed by atoms with Crippen molar-refractivity contribution in [1.82, 2.24) is 9.80 Å². The van der Waals surface area contributed by atoms with Crippen molar-refractivity contribution in [1.29, 1.82) is 0 Å². The van der Waals surface area contributed by atoms with Crippen molar-refractivity contribution in [3.05, 3.63) is 58.5 Å². The summed E-state index contributed by atoms with van der Waals surface area (Å²) in [6.45, 7) is 2.43. The molecule has 1 atom stereocenters. The maximum atomic E-state index is 13.1. The van der Waals surface area contributed by atoms with E-state index < -0.39 is 0 Å². The average molecular weight is 377 g/mol. The van der Waals surface area contributed by atoms with Crippen molar-refractivity contribution in [2.75, 3.05) is 20.1 Å². The van der Waals surface area contributed by atoms with E-state index in [1.54, 1.807) is 11.2 Å². The minimum Gasteiger partial charge on any atom is -0.467 e. The van der Waals surface area contributed by atoms with Crippen molar-refractivity contribution in [3.63, 3.8) is 0 Å². The molecule has 1 aromatic heterocycles. The van der Waals surface area contributed by atoms with Crippen LogP contribution in [0.3, 0.4) is 0 Å². The molecule has 23 heavy (non-hydrogen) atoms. The molecule has 122 valence electrons. The fraction of sp³-hybridized carbons (Fsp3) is 0.389. The van der Waals surface area contributed by atoms with Crippen molar-refractivity contribution in [2.24, 2.45) is 0 Å². The minimum atomic E-state index is -0.227.